The Kier molecular flexibility index (Phi) is 5.65. The van der Waals surface area contributed by atoms with Crippen molar-refractivity contribution in [2.24, 2.45) is 7.05 Å². The van der Waals surface area contributed by atoms with Gasteiger partial charge in [-0.3, -0.25) is 9.59 Å². The maximum Gasteiger partial charge on any atom is 0.257 e. The monoisotopic (exact) mass is 428 g/mol. The topological polar surface area (TPSA) is 60.3 Å². The molecule has 1 heterocycles. The number of aryl methyl sites for hydroxylation is 1. The molecule has 3 rings (SSSR count). The van der Waals surface area contributed by atoms with Crippen LogP contribution in [0.15, 0.2) is 57.9 Å². The van der Waals surface area contributed by atoms with E-state index in [9.17, 15) is 9.59 Å². The molecule has 140 valence electrons. The molecule has 1 atom stereocenters. The van der Waals surface area contributed by atoms with E-state index in [-0.39, 0.29) is 17.0 Å². The number of pyridine rings is 1. The number of carbonyl (C=O) groups excluding carboxylic acids is 1. The van der Waals surface area contributed by atoms with E-state index in [2.05, 4.69) is 21.2 Å². The van der Waals surface area contributed by atoms with Gasteiger partial charge < -0.3 is 14.6 Å². The summed E-state index contributed by atoms with van der Waals surface area (Å²) < 4.78 is 8.21. The Hall–Kier alpha value is -2.60. The van der Waals surface area contributed by atoms with Crippen molar-refractivity contribution in [2.75, 3.05) is 6.61 Å². The average Bonchev–Trinajstić information content (AvgIpc) is 2.64. The maximum atomic E-state index is 12.9. The number of ether oxygens (including phenoxy) is 1. The average molecular weight is 429 g/mol. The first-order valence-electron chi connectivity index (χ1n) is 8.73. The number of amides is 1. The zero-order valence-electron chi connectivity index (χ0n) is 15.5. The van der Waals surface area contributed by atoms with Crippen LogP contribution in [-0.2, 0) is 7.05 Å². The highest BCUT2D eigenvalue weighted by atomic mass is 79.9. The van der Waals surface area contributed by atoms with Gasteiger partial charge in [-0.2, -0.15) is 0 Å². The molecule has 0 aliphatic carbocycles. The van der Waals surface area contributed by atoms with Crippen LogP contribution in [0.5, 0.6) is 5.75 Å². The molecule has 0 unspecified atom stereocenters. The minimum atomic E-state index is -0.396. The van der Waals surface area contributed by atoms with Gasteiger partial charge in [0.1, 0.15) is 11.3 Å². The van der Waals surface area contributed by atoms with Gasteiger partial charge >= 0.3 is 0 Å². The van der Waals surface area contributed by atoms with Gasteiger partial charge in [0.15, 0.2) is 0 Å². The van der Waals surface area contributed by atoms with Crippen molar-refractivity contribution in [3.63, 3.8) is 0 Å². The highest BCUT2D eigenvalue weighted by molar-refractivity contribution is 9.10. The van der Waals surface area contributed by atoms with Crippen LogP contribution in [0, 0.1) is 0 Å². The number of nitrogens with zero attached hydrogens (tertiary/aromatic N) is 1. The Balaban J connectivity index is 1.96. The van der Waals surface area contributed by atoms with Crippen LogP contribution < -0.4 is 15.5 Å². The second kappa shape index (κ2) is 7.96. The van der Waals surface area contributed by atoms with Crippen LogP contribution in [0.3, 0.4) is 0 Å². The maximum absolute atomic E-state index is 12.9. The number of halogens is 1. The van der Waals surface area contributed by atoms with E-state index < -0.39 is 5.91 Å². The minimum Gasteiger partial charge on any atom is -0.494 e. The van der Waals surface area contributed by atoms with Crippen LogP contribution in [-0.4, -0.2) is 17.1 Å². The van der Waals surface area contributed by atoms with E-state index in [1.54, 1.807) is 16.8 Å². The van der Waals surface area contributed by atoms with Crippen molar-refractivity contribution in [3.05, 3.63) is 74.5 Å². The molecular formula is C21H21BrN2O3. The highest BCUT2D eigenvalue weighted by Gasteiger charge is 2.17. The number of rotatable bonds is 5. The van der Waals surface area contributed by atoms with E-state index in [1.165, 1.54) is 0 Å². The summed E-state index contributed by atoms with van der Waals surface area (Å²) >= 11 is 3.43. The molecule has 0 saturated carbocycles. The van der Waals surface area contributed by atoms with Crippen molar-refractivity contribution in [3.8, 4) is 5.75 Å². The molecule has 1 amide bonds. The molecule has 0 aliphatic rings. The molecular weight excluding hydrogens is 408 g/mol. The summed E-state index contributed by atoms with van der Waals surface area (Å²) in [6.07, 6.45) is 1.58. The first-order valence-corrected chi connectivity index (χ1v) is 9.52. The Morgan fingerprint density at radius 1 is 1.26 bits per heavy atom. The van der Waals surface area contributed by atoms with E-state index in [1.807, 2.05) is 57.3 Å². The smallest absolute Gasteiger partial charge is 0.257 e. The Bertz CT molecular complexity index is 1060. The Morgan fingerprint density at radius 3 is 2.74 bits per heavy atom. The van der Waals surface area contributed by atoms with Crippen molar-refractivity contribution in [1.29, 1.82) is 0 Å². The van der Waals surface area contributed by atoms with Gasteiger partial charge in [0.2, 0.25) is 5.43 Å². The fraction of sp³-hybridized carbons (Fsp3) is 0.238. The van der Waals surface area contributed by atoms with E-state index in [4.69, 9.17) is 4.74 Å². The largest absolute Gasteiger partial charge is 0.494 e. The molecule has 3 aromatic rings. The Labute approximate surface area is 166 Å². The number of carbonyl (C=O) groups is 1. The van der Waals surface area contributed by atoms with E-state index in [0.717, 1.165) is 15.6 Å². The number of nitrogens with one attached hydrogen (secondary N) is 1. The number of hydrogen-bond acceptors (Lipinski definition) is 3. The summed E-state index contributed by atoms with van der Waals surface area (Å²) in [5, 5.41) is 3.37. The minimum absolute atomic E-state index is 0.112. The molecule has 0 bridgehead atoms. The standard InChI is InChI=1S/C21H21BrN2O3/c1-4-27-16-8-9-19-17(11-16)20(25)18(12-24(19)3)21(26)23-13(2)14-6-5-7-15(22)10-14/h5-13H,4H2,1-3H3,(H,23,26)/t13-/m1/s1. The van der Waals surface area contributed by atoms with Crippen LogP contribution >= 0.6 is 15.9 Å². The van der Waals surface area contributed by atoms with Crippen molar-refractivity contribution < 1.29 is 9.53 Å². The summed E-state index contributed by atoms with van der Waals surface area (Å²) in [6.45, 7) is 4.28. The van der Waals surface area contributed by atoms with Gasteiger partial charge in [-0.1, -0.05) is 28.1 Å². The molecule has 0 aliphatic heterocycles. The molecule has 6 heteroatoms. The molecule has 1 aromatic heterocycles. The summed E-state index contributed by atoms with van der Waals surface area (Å²) in [5.41, 5.74) is 1.51. The molecule has 2 aromatic carbocycles. The van der Waals surface area contributed by atoms with Gasteiger partial charge in [0.25, 0.3) is 5.91 Å². The lowest BCUT2D eigenvalue weighted by Gasteiger charge is -2.16. The van der Waals surface area contributed by atoms with Crippen molar-refractivity contribution in [1.82, 2.24) is 9.88 Å². The van der Waals surface area contributed by atoms with Crippen molar-refractivity contribution in [2.45, 2.75) is 19.9 Å². The summed E-state index contributed by atoms with van der Waals surface area (Å²) in [7, 11) is 1.82. The third-order valence-corrected chi connectivity index (χ3v) is 4.91. The molecule has 0 spiro atoms. The summed E-state index contributed by atoms with van der Waals surface area (Å²) in [6, 6.07) is 12.8. The van der Waals surface area contributed by atoms with Crippen LogP contribution in [0.2, 0.25) is 0 Å². The lowest BCUT2D eigenvalue weighted by molar-refractivity contribution is 0.0938. The predicted octanol–water partition coefficient (Wildman–Crippen LogP) is 4.19. The quantitative estimate of drug-likeness (QED) is 0.662. The predicted molar refractivity (Wildman–Crippen MR) is 110 cm³/mol. The van der Waals surface area contributed by atoms with Gasteiger partial charge in [0.05, 0.1) is 23.6 Å². The zero-order chi connectivity index (χ0) is 19.6. The SMILES string of the molecule is CCOc1ccc2c(c1)c(=O)c(C(=O)N[C@H](C)c1cccc(Br)c1)cn2C. The molecule has 0 fully saturated rings. The lowest BCUT2D eigenvalue weighted by atomic mass is 10.1. The summed E-state index contributed by atoms with van der Waals surface area (Å²) in [4.78, 5) is 25.7. The van der Waals surface area contributed by atoms with E-state index >= 15 is 0 Å². The summed E-state index contributed by atoms with van der Waals surface area (Å²) in [5.74, 6) is 0.217. The van der Waals surface area contributed by atoms with Crippen LogP contribution in [0.4, 0.5) is 0 Å². The first kappa shape index (κ1) is 19.2. The first-order chi connectivity index (χ1) is 12.9. The fourth-order valence-corrected chi connectivity index (χ4v) is 3.44. The van der Waals surface area contributed by atoms with Gasteiger partial charge in [0, 0.05) is 17.7 Å². The van der Waals surface area contributed by atoms with Gasteiger partial charge in [-0.25, -0.2) is 0 Å². The zero-order valence-corrected chi connectivity index (χ0v) is 17.0. The van der Waals surface area contributed by atoms with Crippen LogP contribution in [0.1, 0.15) is 35.8 Å². The number of aromatic nitrogens is 1. The molecule has 0 saturated heterocycles. The second-order valence-electron chi connectivity index (χ2n) is 6.34. The molecule has 27 heavy (non-hydrogen) atoms. The van der Waals surface area contributed by atoms with Crippen molar-refractivity contribution >= 4 is 32.7 Å². The van der Waals surface area contributed by atoms with Gasteiger partial charge in [-0.15, -0.1) is 0 Å². The number of fused-ring (bicyclic) bond motifs is 1. The number of hydrogen-bond donors (Lipinski definition) is 1. The molecule has 5 nitrogen and oxygen atoms in total. The van der Waals surface area contributed by atoms with Gasteiger partial charge in [-0.05, 0) is 49.7 Å². The normalized spacial score (nSPS) is 12.0. The van der Waals surface area contributed by atoms with Crippen LogP contribution in [0.25, 0.3) is 10.9 Å². The molecule has 1 N–H and O–H groups in total. The molecule has 0 radical (unpaired) electrons. The fourth-order valence-electron chi connectivity index (χ4n) is 3.02. The lowest BCUT2D eigenvalue weighted by Crippen LogP contribution is -2.31. The third kappa shape index (κ3) is 4.06. The second-order valence-corrected chi connectivity index (χ2v) is 7.26. The third-order valence-electron chi connectivity index (χ3n) is 4.41. The number of benzene rings is 2. The van der Waals surface area contributed by atoms with E-state index in [0.29, 0.717) is 17.7 Å². The highest BCUT2D eigenvalue weighted by Crippen LogP contribution is 2.20. The Morgan fingerprint density at radius 2 is 2.04 bits per heavy atom.